The molecule has 0 amide bonds. The fourth-order valence-electron chi connectivity index (χ4n) is 3.94. The van der Waals surface area contributed by atoms with E-state index >= 15 is 0 Å². The number of benzene rings is 3. The van der Waals surface area contributed by atoms with E-state index in [1.807, 2.05) is 56.3 Å². The van der Waals surface area contributed by atoms with E-state index in [-0.39, 0.29) is 10.8 Å². The van der Waals surface area contributed by atoms with Crippen LogP contribution in [-0.2, 0) is 14.8 Å². The van der Waals surface area contributed by atoms with E-state index in [1.54, 1.807) is 48.8 Å². The summed E-state index contributed by atoms with van der Waals surface area (Å²) in [5, 5.41) is 0. The van der Waals surface area contributed by atoms with E-state index in [4.69, 9.17) is 4.74 Å². The third kappa shape index (κ3) is 4.47. The molecule has 4 rings (SSSR count). The number of hydrogen-bond acceptors (Lipinski definition) is 4. The maximum absolute atomic E-state index is 13.3. The van der Waals surface area contributed by atoms with Crippen molar-refractivity contribution >= 4 is 16.0 Å². The van der Waals surface area contributed by atoms with E-state index in [0.717, 1.165) is 27.8 Å². The first kappa shape index (κ1) is 22.6. The zero-order valence-electron chi connectivity index (χ0n) is 18.7. The molecular formula is C27H25NO4S. The molecule has 5 nitrogen and oxygen atoms in total. The van der Waals surface area contributed by atoms with E-state index in [2.05, 4.69) is 0 Å². The molecule has 0 spiro atoms. The third-order valence-electron chi connectivity index (χ3n) is 5.75. The molecule has 4 aromatic rings. The van der Waals surface area contributed by atoms with Gasteiger partial charge in [-0.1, -0.05) is 60.2 Å². The first-order valence-electron chi connectivity index (χ1n) is 10.5. The molecular weight excluding hydrogens is 434 g/mol. The standard InChI is InChI=1S/C27H25NO4S/c1-19-9-15-24(16-10-19)33(30,31)28-17-20(2)25(18-28)26(21-7-5-4-6-8-21)22-11-13-23(14-12-22)27(29)32-3/h4-18,26H,1-3H3. The van der Waals surface area contributed by atoms with E-state index in [0.29, 0.717) is 5.56 Å². The van der Waals surface area contributed by atoms with Gasteiger partial charge in [-0.15, -0.1) is 0 Å². The lowest BCUT2D eigenvalue weighted by Gasteiger charge is -2.19. The summed E-state index contributed by atoms with van der Waals surface area (Å²) < 4.78 is 32.6. The van der Waals surface area contributed by atoms with Gasteiger partial charge < -0.3 is 4.74 Å². The molecule has 0 N–H and O–H groups in total. The van der Waals surface area contributed by atoms with Crippen LogP contribution in [0, 0.1) is 13.8 Å². The number of ether oxygens (including phenoxy) is 1. The number of hydrogen-bond donors (Lipinski definition) is 0. The SMILES string of the molecule is COC(=O)c1ccc(C(c2ccccc2)c2cn(S(=O)(=O)c3ccc(C)cc3)cc2C)cc1. The minimum atomic E-state index is -3.72. The van der Waals surface area contributed by atoms with Gasteiger partial charge in [-0.3, -0.25) is 0 Å². The van der Waals surface area contributed by atoms with Gasteiger partial charge in [0.1, 0.15) is 0 Å². The van der Waals surface area contributed by atoms with Gasteiger partial charge in [-0.2, -0.15) is 0 Å². The minimum Gasteiger partial charge on any atom is -0.465 e. The zero-order valence-corrected chi connectivity index (χ0v) is 19.5. The Labute approximate surface area is 194 Å². The Bertz CT molecular complexity index is 1370. The normalized spacial score (nSPS) is 12.3. The summed E-state index contributed by atoms with van der Waals surface area (Å²) in [5.41, 5.74) is 5.17. The van der Waals surface area contributed by atoms with Gasteiger partial charge in [0.05, 0.1) is 17.6 Å². The molecule has 1 aromatic heterocycles. The molecule has 33 heavy (non-hydrogen) atoms. The number of nitrogens with zero attached hydrogens (tertiary/aromatic N) is 1. The number of rotatable bonds is 6. The molecule has 0 aliphatic carbocycles. The van der Waals surface area contributed by atoms with E-state index < -0.39 is 16.0 Å². The predicted molar refractivity (Wildman–Crippen MR) is 128 cm³/mol. The monoisotopic (exact) mass is 459 g/mol. The van der Waals surface area contributed by atoms with Crippen molar-refractivity contribution in [2.24, 2.45) is 0 Å². The number of carbonyl (C=O) groups excluding carboxylic acids is 1. The summed E-state index contributed by atoms with van der Waals surface area (Å²) in [5.74, 6) is -0.600. The molecule has 6 heteroatoms. The second-order valence-corrected chi connectivity index (χ2v) is 9.85. The van der Waals surface area contributed by atoms with Crippen molar-refractivity contribution < 1.29 is 17.9 Å². The molecule has 1 unspecified atom stereocenters. The molecule has 1 heterocycles. The first-order chi connectivity index (χ1) is 15.8. The number of aryl methyl sites for hydroxylation is 2. The molecule has 0 fully saturated rings. The zero-order chi connectivity index (χ0) is 23.6. The molecule has 0 saturated heterocycles. The van der Waals surface area contributed by atoms with Gasteiger partial charge in [0.15, 0.2) is 0 Å². The Morgan fingerprint density at radius 2 is 1.42 bits per heavy atom. The van der Waals surface area contributed by atoms with Gasteiger partial charge in [-0.05, 0) is 60.4 Å². The molecule has 0 aliphatic rings. The fourth-order valence-corrected chi connectivity index (χ4v) is 5.21. The van der Waals surface area contributed by atoms with Crippen molar-refractivity contribution in [3.63, 3.8) is 0 Å². The maximum atomic E-state index is 13.3. The lowest BCUT2D eigenvalue weighted by atomic mass is 9.84. The Kier molecular flexibility index (Phi) is 6.20. The molecule has 0 aliphatic heterocycles. The topological polar surface area (TPSA) is 65.4 Å². The van der Waals surface area contributed by atoms with Crippen molar-refractivity contribution in [1.82, 2.24) is 3.97 Å². The summed E-state index contributed by atoms with van der Waals surface area (Å²) in [6.45, 7) is 3.83. The lowest BCUT2D eigenvalue weighted by molar-refractivity contribution is 0.0600. The predicted octanol–water partition coefficient (Wildman–Crippen LogP) is 5.31. The van der Waals surface area contributed by atoms with Gasteiger partial charge in [0, 0.05) is 18.3 Å². The lowest BCUT2D eigenvalue weighted by Crippen LogP contribution is -2.11. The van der Waals surface area contributed by atoms with Gasteiger partial charge >= 0.3 is 5.97 Å². The van der Waals surface area contributed by atoms with Gasteiger partial charge in [-0.25, -0.2) is 17.2 Å². The molecule has 3 aromatic carbocycles. The summed E-state index contributed by atoms with van der Waals surface area (Å²) in [4.78, 5) is 12.1. The minimum absolute atomic E-state index is 0.202. The van der Waals surface area contributed by atoms with Crippen LogP contribution in [0.1, 0.15) is 44.1 Å². The number of methoxy groups -OCH3 is 1. The maximum Gasteiger partial charge on any atom is 0.337 e. The first-order valence-corrected chi connectivity index (χ1v) is 12.0. The number of aromatic nitrogens is 1. The summed E-state index contributed by atoms with van der Waals surface area (Å²) in [7, 11) is -2.37. The van der Waals surface area contributed by atoms with Gasteiger partial charge in [0.25, 0.3) is 10.0 Å². The summed E-state index contributed by atoms with van der Waals surface area (Å²) >= 11 is 0. The summed E-state index contributed by atoms with van der Waals surface area (Å²) in [6, 6.07) is 24.0. The van der Waals surface area contributed by atoms with Crippen LogP contribution in [0.3, 0.4) is 0 Å². The van der Waals surface area contributed by atoms with Crippen LogP contribution in [0.25, 0.3) is 0 Å². The third-order valence-corrected chi connectivity index (χ3v) is 7.38. The van der Waals surface area contributed by atoms with Gasteiger partial charge in [0.2, 0.25) is 0 Å². The van der Waals surface area contributed by atoms with E-state index in [1.165, 1.54) is 11.1 Å². The Morgan fingerprint density at radius 1 is 0.818 bits per heavy atom. The molecule has 168 valence electrons. The average Bonchev–Trinajstić information content (AvgIpc) is 3.22. The van der Waals surface area contributed by atoms with Crippen molar-refractivity contribution in [3.05, 3.63) is 125 Å². The number of esters is 1. The quantitative estimate of drug-likeness (QED) is 0.367. The average molecular weight is 460 g/mol. The molecule has 1 atom stereocenters. The van der Waals surface area contributed by atoms with Crippen molar-refractivity contribution in [3.8, 4) is 0 Å². The Balaban J connectivity index is 1.81. The Morgan fingerprint density at radius 3 is 2.03 bits per heavy atom. The highest BCUT2D eigenvalue weighted by molar-refractivity contribution is 7.90. The van der Waals surface area contributed by atoms with Crippen LogP contribution >= 0.6 is 0 Å². The van der Waals surface area contributed by atoms with Crippen LogP contribution < -0.4 is 0 Å². The summed E-state index contributed by atoms with van der Waals surface area (Å²) in [6.07, 6.45) is 3.35. The van der Waals surface area contributed by atoms with Crippen LogP contribution in [0.2, 0.25) is 0 Å². The highest BCUT2D eigenvalue weighted by Gasteiger charge is 2.24. The Hall–Kier alpha value is -3.64. The molecule has 0 radical (unpaired) electrons. The largest absolute Gasteiger partial charge is 0.465 e. The smallest absolute Gasteiger partial charge is 0.337 e. The van der Waals surface area contributed by atoms with Crippen molar-refractivity contribution in [1.29, 1.82) is 0 Å². The number of carbonyl (C=O) groups is 1. The fraction of sp³-hybridized carbons (Fsp3) is 0.148. The molecule has 0 saturated carbocycles. The highest BCUT2D eigenvalue weighted by Crippen LogP contribution is 2.35. The highest BCUT2D eigenvalue weighted by atomic mass is 32.2. The van der Waals surface area contributed by atoms with Crippen LogP contribution in [0.4, 0.5) is 0 Å². The van der Waals surface area contributed by atoms with E-state index in [9.17, 15) is 13.2 Å². The van der Waals surface area contributed by atoms with Crippen molar-refractivity contribution in [2.75, 3.05) is 7.11 Å². The van der Waals surface area contributed by atoms with Crippen LogP contribution in [0.5, 0.6) is 0 Å². The second kappa shape index (κ2) is 9.08. The molecule has 0 bridgehead atoms. The van der Waals surface area contributed by atoms with Crippen LogP contribution in [0.15, 0.2) is 96.2 Å². The second-order valence-electron chi connectivity index (χ2n) is 8.00. The van der Waals surface area contributed by atoms with Crippen LogP contribution in [-0.4, -0.2) is 25.5 Å². The van der Waals surface area contributed by atoms with Crippen molar-refractivity contribution in [2.45, 2.75) is 24.7 Å².